The topological polar surface area (TPSA) is 95.6 Å². The summed E-state index contributed by atoms with van der Waals surface area (Å²) in [5.74, 6) is 6.10. The van der Waals surface area contributed by atoms with Gasteiger partial charge in [-0.3, -0.25) is 9.59 Å². The van der Waals surface area contributed by atoms with E-state index < -0.39 is 6.04 Å². The van der Waals surface area contributed by atoms with E-state index in [4.69, 9.17) is 0 Å². The molecule has 7 heteroatoms. The van der Waals surface area contributed by atoms with Crippen LogP contribution in [0.1, 0.15) is 53.6 Å². The standard InChI is InChI=1S/C22H27N3O4/c26-13-4-7-20(16-27)25-15-19-14-18(8-9-21(19)22(25)29)6-2-1-3-10-23-11-5-12-24-17-28/h8-9,13-14,16-17,20,23H,1,3-5,7,10-12,15H2,(H,24,28). The highest BCUT2D eigenvalue weighted by Crippen LogP contribution is 2.26. The molecule has 154 valence electrons. The molecule has 0 fully saturated rings. The molecule has 0 saturated heterocycles. The number of nitrogens with zero attached hydrogens (tertiary/aromatic N) is 1. The van der Waals surface area contributed by atoms with Crippen molar-refractivity contribution < 1.29 is 19.2 Å². The van der Waals surface area contributed by atoms with E-state index in [0.717, 1.165) is 56.1 Å². The van der Waals surface area contributed by atoms with Crippen molar-refractivity contribution in [3.63, 3.8) is 0 Å². The minimum absolute atomic E-state index is 0.170. The van der Waals surface area contributed by atoms with Crippen molar-refractivity contribution in [2.75, 3.05) is 19.6 Å². The van der Waals surface area contributed by atoms with Gasteiger partial charge in [0.1, 0.15) is 12.6 Å². The molecular weight excluding hydrogens is 370 g/mol. The van der Waals surface area contributed by atoms with Crippen LogP contribution in [0.15, 0.2) is 18.2 Å². The van der Waals surface area contributed by atoms with Crippen molar-refractivity contribution in [2.24, 2.45) is 0 Å². The van der Waals surface area contributed by atoms with Gasteiger partial charge in [0.05, 0.1) is 6.04 Å². The van der Waals surface area contributed by atoms with Crippen LogP contribution in [0.4, 0.5) is 0 Å². The lowest BCUT2D eigenvalue weighted by Gasteiger charge is -2.22. The van der Waals surface area contributed by atoms with E-state index in [-0.39, 0.29) is 12.3 Å². The van der Waals surface area contributed by atoms with Gasteiger partial charge in [-0.05, 0) is 56.1 Å². The Morgan fingerprint density at radius 2 is 1.97 bits per heavy atom. The van der Waals surface area contributed by atoms with E-state index in [9.17, 15) is 19.2 Å². The first-order chi connectivity index (χ1) is 14.2. The van der Waals surface area contributed by atoms with Crippen molar-refractivity contribution in [3.05, 3.63) is 34.9 Å². The van der Waals surface area contributed by atoms with Crippen molar-refractivity contribution in [2.45, 2.75) is 44.7 Å². The Kier molecular flexibility index (Phi) is 9.60. The van der Waals surface area contributed by atoms with E-state index >= 15 is 0 Å². The Bertz CT molecular complexity index is 782. The summed E-state index contributed by atoms with van der Waals surface area (Å²) < 4.78 is 0. The van der Waals surface area contributed by atoms with Crippen LogP contribution in [-0.2, 0) is 20.9 Å². The Hall–Kier alpha value is -2.98. The van der Waals surface area contributed by atoms with Gasteiger partial charge < -0.3 is 25.1 Å². The summed E-state index contributed by atoms with van der Waals surface area (Å²) in [4.78, 5) is 46.1. The first-order valence-electron chi connectivity index (χ1n) is 9.90. The largest absolute Gasteiger partial charge is 0.359 e. The molecule has 1 aromatic carbocycles. The second-order valence-electron chi connectivity index (χ2n) is 6.83. The van der Waals surface area contributed by atoms with Gasteiger partial charge in [0.15, 0.2) is 0 Å². The molecule has 1 heterocycles. The molecule has 2 rings (SSSR count). The van der Waals surface area contributed by atoms with Gasteiger partial charge in [0.25, 0.3) is 5.91 Å². The summed E-state index contributed by atoms with van der Waals surface area (Å²) in [5.41, 5.74) is 2.31. The number of aldehydes is 2. The maximum Gasteiger partial charge on any atom is 0.255 e. The minimum Gasteiger partial charge on any atom is -0.359 e. The molecule has 0 bridgehead atoms. The predicted octanol–water partition coefficient (Wildman–Crippen LogP) is 1.05. The summed E-state index contributed by atoms with van der Waals surface area (Å²) in [6, 6.07) is 4.92. The Morgan fingerprint density at radius 3 is 2.72 bits per heavy atom. The number of carbonyl (C=O) groups is 4. The molecule has 0 spiro atoms. The number of carbonyl (C=O) groups excluding carboxylic acids is 4. The number of hydrogen-bond donors (Lipinski definition) is 2. The Morgan fingerprint density at radius 1 is 1.14 bits per heavy atom. The number of nitrogens with one attached hydrogen (secondary N) is 2. The second kappa shape index (κ2) is 12.5. The van der Waals surface area contributed by atoms with Crippen molar-refractivity contribution >= 4 is 24.9 Å². The van der Waals surface area contributed by atoms with E-state index in [1.54, 1.807) is 6.07 Å². The summed E-state index contributed by atoms with van der Waals surface area (Å²) in [6.45, 7) is 2.78. The lowest BCUT2D eigenvalue weighted by atomic mass is 10.1. The highest BCUT2D eigenvalue weighted by Gasteiger charge is 2.32. The van der Waals surface area contributed by atoms with Crippen LogP contribution >= 0.6 is 0 Å². The Balaban J connectivity index is 1.81. The average Bonchev–Trinajstić information content (AvgIpc) is 3.06. The monoisotopic (exact) mass is 397 g/mol. The summed E-state index contributed by atoms with van der Waals surface area (Å²) >= 11 is 0. The van der Waals surface area contributed by atoms with E-state index in [1.165, 1.54) is 4.90 Å². The first kappa shape index (κ1) is 22.3. The smallest absolute Gasteiger partial charge is 0.255 e. The van der Waals surface area contributed by atoms with Gasteiger partial charge in [-0.2, -0.15) is 0 Å². The van der Waals surface area contributed by atoms with E-state index in [2.05, 4.69) is 22.5 Å². The highest BCUT2D eigenvalue weighted by atomic mass is 16.2. The first-order valence-corrected chi connectivity index (χ1v) is 9.90. The van der Waals surface area contributed by atoms with Crippen molar-refractivity contribution in [1.29, 1.82) is 0 Å². The normalized spacial score (nSPS) is 13.2. The van der Waals surface area contributed by atoms with Gasteiger partial charge >= 0.3 is 0 Å². The number of rotatable bonds is 13. The molecule has 29 heavy (non-hydrogen) atoms. The van der Waals surface area contributed by atoms with Crippen LogP contribution in [0.2, 0.25) is 0 Å². The lowest BCUT2D eigenvalue weighted by molar-refractivity contribution is -0.112. The molecule has 0 radical (unpaired) electrons. The molecule has 1 aliphatic rings. The third kappa shape index (κ3) is 6.84. The van der Waals surface area contributed by atoms with Crippen LogP contribution in [0.25, 0.3) is 0 Å². The molecule has 0 aromatic heterocycles. The molecule has 2 N–H and O–H groups in total. The number of benzene rings is 1. The molecule has 1 aromatic rings. The third-order valence-corrected chi connectivity index (χ3v) is 4.72. The zero-order valence-electron chi connectivity index (χ0n) is 16.5. The molecule has 2 amide bonds. The summed E-state index contributed by atoms with van der Waals surface area (Å²) in [5, 5.41) is 5.92. The quantitative estimate of drug-likeness (QED) is 0.295. The highest BCUT2D eigenvalue weighted by molar-refractivity contribution is 5.99. The molecular formula is C22H27N3O4. The minimum atomic E-state index is -0.573. The maximum absolute atomic E-state index is 12.5. The van der Waals surface area contributed by atoms with Gasteiger partial charge in [0.2, 0.25) is 6.41 Å². The van der Waals surface area contributed by atoms with Crippen molar-refractivity contribution in [1.82, 2.24) is 15.5 Å². The molecule has 7 nitrogen and oxygen atoms in total. The van der Waals surface area contributed by atoms with Crippen LogP contribution in [0, 0.1) is 11.8 Å². The lowest BCUT2D eigenvalue weighted by Crippen LogP contribution is -2.36. The number of unbranched alkanes of at least 4 members (excludes halogenated alkanes) is 1. The predicted molar refractivity (Wildman–Crippen MR) is 109 cm³/mol. The van der Waals surface area contributed by atoms with E-state index in [0.29, 0.717) is 31.5 Å². The summed E-state index contributed by atoms with van der Waals surface area (Å²) in [7, 11) is 0. The fourth-order valence-corrected chi connectivity index (χ4v) is 3.19. The number of fused-ring (bicyclic) bond motifs is 1. The fourth-order valence-electron chi connectivity index (χ4n) is 3.19. The molecule has 0 saturated carbocycles. The third-order valence-electron chi connectivity index (χ3n) is 4.72. The zero-order chi connectivity index (χ0) is 20.9. The maximum atomic E-state index is 12.5. The molecule has 0 aliphatic carbocycles. The zero-order valence-corrected chi connectivity index (χ0v) is 16.5. The molecule has 1 atom stereocenters. The fraction of sp³-hybridized carbons (Fsp3) is 0.455. The SMILES string of the molecule is O=CCCC(C=O)N1Cc2cc(C#CCCCNCCCNC=O)ccc2C1=O. The second-order valence-corrected chi connectivity index (χ2v) is 6.83. The molecule has 1 unspecified atom stereocenters. The van der Waals surface area contributed by atoms with Gasteiger partial charge in [0, 0.05) is 37.1 Å². The number of amides is 2. The van der Waals surface area contributed by atoms with Crippen LogP contribution in [0.3, 0.4) is 0 Å². The van der Waals surface area contributed by atoms with E-state index in [1.807, 2.05) is 12.1 Å². The number of hydrogen-bond acceptors (Lipinski definition) is 5. The van der Waals surface area contributed by atoms with Gasteiger partial charge in [-0.15, -0.1) is 0 Å². The average molecular weight is 397 g/mol. The van der Waals surface area contributed by atoms with Crippen LogP contribution in [-0.4, -0.2) is 55.5 Å². The Labute approximate surface area is 171 Å². The van der Waals surface area contributed by atoms with Gasteiger partial charge in [-0.1, -0.05) is 11.8 Å². The van der Waals surface area contributed by atoms with Crippen LogP contribution < -0.4 is 10.6 Å². The summed E-state index contributed by atoms with van der Waals surface area (Å²) in [6.07, 6.45) is 5.40. The van der Waals surface area contributed by atoms with Crippen LogP contribution in [0.5, 0.6) is 0 Å². The van der Waals surface area contributed by atoms with Gasteiger partial charge in [-0.25, -0.2) is 0 Å². The van der Waals surface area contributed by atoms with Crippen molar-refractivity contribution in [3.8, 4) is 11.8 Å². The molecule has 1 aliphatic heterocycles.